The lowest BCUT2D eigenvalue weighted by molar-refractivity contribution is 0.0238. The number of hydrogen-bond donors (Lipinski definition) is 3. The van der Waals surface area contributed by atoms with Crippen molar-refractivity contribution in [3.63, 3.8) is 0 Å². The van der Waals surface area contributed by atoms with Crippen molar-refractivity contribution in [3.05, 3.63) is 106 Å². The number of carbonyl (C=O) groups excluding carboxylic acids is 3. The highest BCUT2D eigenvalue weighted by Gasteiger charge is 2.25. The zero-order chi connectivity index (χ0) is 29.8. The van der Waals surface area contributed by atoms with Gasteiger partial charge < -0.3 is 26.4 Å². The number of rotatable bonds is 15. The van der Waals surface area contributed by atoms with E-state index in [1.54, 1.807) is 17.0 Å². The fraction of sp³-hybridized carbons (Fsp3) is 0.344. The highest BCUT2D eigenvalue weighted by atomic mass is 19.1. The van der Waals surface area contributed by atoms with E-state index in [4.69, 9.17) is 16.2 Å². The third-order valence-corrected chi connectivity index (χ3v) is 6.61. The molecular weight excluding hydrogens is 523 g/mol. The molecule has 0 aliphatic rings. The van der Waals surface area contributed by atoms with Crippen molar-refractivity contribution in [2.75, 3.05) is 19.6 Å². The topological polar surface area (TPSA) is 128 Å². The summed E-state index contributed by atoms with van der Waals surface area (Å²) in [5.74, 6) is -2.15. The average molecular weight is 563 g/mol. The summed E-state index contributed by atoms with van der Waals surface area (Å²) in [5.41, 5.74) is 14.1. The zero-order valence-electron chi connectivity index (χ0n) is 23.6. The van der Waals surface area contributed by atoms with E-state index in [9.17, 15) is 18.8 Å². The maximum absolute atomic E-state index is 13.4. The molecule has 3 rings (SSSR count). The molecule has 2 amide bonds. The van der Waals surface area contributed by atoms with Crippen molar-refractivity contribution in [2.45, 2.75) is 51.8 Å². The van der Waals surface area contributed by atoms with Gasteiger partial charge in [0.25, 0.3) is 5.91 Å². The van der Waals surface area contributed by atoms with Gasteiger partial charge in [0.1, 0.15) is 11.9 Å². The van der Waals surface area contributed by atoms with E-state index in [1.807, 2.05) is 44.2 Å². The molecule has 3 aromatic carbocycles. The van der Waals surface area contributed by atoms with E-state index in [0.29, 0.717) is 26.1 Å². The van der Waals surface area contributed by atoms with Gasteiger partial charge in [0, 0.05) is 43.3 Å². The quantitative estimate of drug-likeness (QED) is 0.240. The minimum atomic E-state index is -0.774. The lowest BCUT2D eigenvalue weighted by Gasteiger charge is -2.25. The minimum absolute atomic E-state index is 0.0274. The standard InChI is InChI=1S/C32H39FN4O4/c1-3-14-37(15-4-2)31(39)25-17-24(30(35)38)18-26(19-25)32(40)41-29(21-36-20-23-8-6-5-7-9-23)28(34)16-22-10-12-27(33)13-11-22/h5-13,17-19,28-29,36H,3-4,14-16,20-21,34H2,1-2H3,(H2,35,38). The number of nitrogens with one attached hydrogen (secondary N) is 1. The number of nitrogens with zero attached hydrogens (tertiary/aromatic N) is 1. The molecule has 0 aromatic heterocycles. The van der Waals surface area contributed by atoms with E-state index in [1.165, 1.54) is 30.3 Å². The summed E-state index contributed by atoms with van der Waals surface area (Å²) in [5, 5.41) is 3.28. The molecule has 0 bridgehead atoms. The first-order valence-electron chi connectivity index (χ1n) is 13.9. The first kappa shape index (κ1) is 31.4. The first-order valence-corrected chi connectivity index (χ1v) is 13.9. The van der Waals surface area contributed by atoms with Gasteiger partial charge in [-0.05, 0) is 60.7 Å². The average Bonchev–Trinajstić information content (AvgIpc) is 2.97. The zero-order valence-corrected chi connectivity index (χ0v) is 23.6. The first-order chi connectivity index (χ1) is 19.7. The van der Waals surface area contributed by atoms with Crippen LogP contribution < -0.4 is 16.8 Å². The molecule has 3 aromatic rings. The second-order valence-corrected chi connectivity index (χ2v) is 10.0. The molecule has 0 saturated carbocycles. The van der Waals surface area contributed by atoms with Crippen molar-refractivity contribution in [1.29, 1.82) is 0 Å². The van der Waals surface area contributed by atoms with Crippen LogP contribution in [0.4, 0.5) is 4.39 Å². The van der Waals surface area contributed by atoms with Crippen LogP contribution in [0.1, 0.15) is 68.9 Å². The molecule has 0 spiro atoms. The van der Waals surface area contributed by atoms with Crippen molar-refractivity contribution < 1.29 is 23.5 Å². The molecule has 41 heavy (non-hydrogen) atoms. The molecule has 2 atom stereocenters. The molecular formula is C32H39FN4O4. The van der Waals surface area contributed by atoms with E-state index in [-0.39, 0.29) is 35.0 Å². The second kappa shape index (κ2) is 15.6. The van der Waals surface area contributed by atoms with E-state index < -0.39 is 24.0 Å². The van der Waals surface area contributed by atoms with Crippen molar-refractivity contribution >= 4 is 17.8 Å². The molecule has 0 fully saturated rings. The Morgan fingerprint density at radius 2 is 1.49 bits per heavy atom. The Morgan fingerprint density at radius 1 is 0.878 bits per heavy atom. The number of nitrogens with two attached hydrogens (primary N) is 2. The monoisotopic (exact) mass is 562 g/mol. The fourth-order valence-corrected chi connectivity index (χ4v) is 4.51. The summed E-state index contributed by atoms with van der Waals surface area (Å²) >= 11 is 0. The molecule has 0 heterocycles. The number of esters is 1. The summed E-state index contributed by atoms with van der Waals surface area (Å²) < 4.78 is 19.3. The van der Waals surface area contributed by atoms with Crippen molar-refractivity contribution in [2.24, 2.45) is 11.5 Å². The maximum Gasteiger partial charge on any atom is 0.338 e. The normalized spacial score (nSPS) is 12.4. The molecule has 8 nitrogen and oxygen atoms in total. The van der Waals surface area contributed by atoms with E-state index in [0.717, 1.165) is 24.0 Å². The summed E-state index contributed by atoms with van der Waals surface area (Å²) in [6.07, 6.45) is 1.09. The number of carbonyl (C=O) groups is 3. The van der Waals surface area contributed by atoms with Gasteiger partial charge in [-0.2, -0.15) is 0 Å². The summed E-state index contributed by atoms with van der Waals surface area (Å²) in [6, 6.07) is 19.2. The van der Waals surface area contributed by atoms with E-state index in [2.05, 4.69) is 5.32 Å². The van der Waals surface area contributed by atoms with Crippen LogP contribution in [0.3, 0.4) is 0 Å². The molecule has 218 valence electrons. The van der Waals surface area contributed by atoms with Crippen LogP contribution in [0.5, 0.6) is 0 Å². The highest BCUT2D eigenvalue weighted by Crippen LogP contribution is 2.17. The van der Waals surface area contributed by atoms with Crippen LogP contribution in [-0.2, 0) is 17.7 Å². The van der Waals surface area contributed by atoms with E-state index >= 15 is 0 Å². The summed E-state index contributed by atoms with van der Waals surface area (Å²) in [7, 11) is 0. The number of benzene rings is 3. The van der Waals surface area contributed by atoms with Gasteiger partial charge in [0.05, 0.1) is 5.56 Å². The second-order valence-electron chi connectivity index (χ2n) is 10.0. The van der Waals surface area contributed by atoms with Gasteiger partial charge in [-0.25, -0.2) is 9.18 Å². The molecule has 0 aliphatic heterocycles. The van der Waals surface area contributed by atoms with Crippen molar-refractivity contribution in [1.82, 2.24) is 10.2 Å². The number of ether oxygens (including phenoxy) is 1. The lowest BCUT2D eigenvalue weighted by Crippen LogP contribution is -2.46. The molecule has 0 radical (unpaired) electrons. The van der Waals surface area contributed by atoms with Gasteiger partial charge in [-0.15, -0.1) is 0 Å². The molecule has 5 N–H and O–H groups in total. The molecule has 2 unspecified atom stereocenters. The van der Waals surface area contributed by atoms with Crippen LogP contribution >= 0.6 is 0 Å². The Bertz CT molecular complexity index is 1290. The third kappa shape index (κ3) is 9.51. The van der Waals surface area contributed by atoms with Gasteiger partial charge in [0.15, 0.2) is 0 Å². The maximum atomic E-state index is 13.4. The van der Waals surface area contributed by atoms with Crippen LogP contribution in [0, 0.1) is 5.82 Å². The van der Waals surface area contributed by atoms with Crippen molar-refractivity contribution in [3.8, 4) is 0 Å². The van der Waals surface area contributed by atoms with Crippen LogP contribution in [0.15, 0.2) is 72.8 Å². The number of hydrogen-bond acceptors (Lipinski definition) is 6. The SMILES string of the molecule is CCCN(CCC)C(=O)c1cc(C(N)=O)cc(C(=O)OC(CNCc2ccccc2)C(N)Cc2ccc(F)cc2)c1. The minimum Gasteiger partial charge on any atom is -0.456 e. The fourth-order valence-electron chi connectivity index (χ4n) is 4.51. The Balaban J connectivity index is 1.84. The van der Waals surface area contributed by atoms with Crippen LogP contribution in [0.2, 0.25) is 0 Å². The Morgan fingerprint density at radius 3 is 2.10 bits per heavy atom. The van der Waals surface area contributed by atoms with Gasteiger partial charge in [0.2, 0.25) is 5.91 Å². The molecule has 0 aliphatic carbocycles. The largest absolute Gasteiger partial charge is 0.456 e. The highest BCUT2D eigenvalue weighted by molar-refractivity contribution is 6.03. The van der Waals surface area contributed by atoms with Gasteiger partial charge in [-0.3, -0.25) is 9.59 Å². The Labute approximate surface area is 240 Å². The Hall–Kier alpha value is -4.08. The summed E-state index contributed by atoms with van der Waals surface area (Å²) in [4.78, 5) is 40.5. The smallest absolute Gasteiger partial charge is 0.338 e. The van der Waals surface area contributed by atoms with Crippen LogP contribution in [0.25, 0.3) is 0 Å². The summed E-state index contributed by atoms with van der Waals surface area (Å²) in [6.45, 7) is 5.80. The number of amides is 2. The van der Waals surface area contributed by atoms with Crippen LogP contribution in [-0.4, -0.2) is 54.5 Å². The van der Waals surface area contributed by atoms with Gasteiger partial charge in [-0.1, -0.05) is 56.3 Å². The predicted molar refractivity (Wildman–Crippen MR) is 157 cm³/mol. The number of halogens is 1. The number of primary amides is 1. The molecule has 0 saturated heterocycles. The lowest BCUT2D eigenvalue weighted by atomic mass is 10.0. The van der Waals surface area contributed by atoms with Gasteiger partial charge >= 0.3 is 5.97 Å². The predicted octanol–water partition coefficient (Wildman–Crippen LogP) is 4.07. The Kier molecular flexibility index (Phi) is 12.0. The third-order valence-electron chi connectivity index (χ3n) is 6.61. The molecule has 9 heteroatoms.